The lowest BCUT2D eigenvalue weighted by molar-refractivity contribution is 0.0873. The van der Waals surface area contributed by atoms with Crippen LogP contribution in [0.4, 0.5) is 0 Å². The topological polar surface area (TPSA) is 54.4 Å². The summed E-state index contributed by atoms with van der Waals surface area (Å²) >= 11 is 0. The molecule has 0 saturated heterocycles. The fraction of sp³-hybridized carbons (Fsp3) is 0.278. The standard InChI is InChI=1S/C18H21N3O2/c1-20-11-16(10-19-20)13-21(12-15-6-3-2-4-7-15)14-17(22)18-8-5-9-23-18/h2-11,17,22H,12-14H2,1H3. The molecule has 5 heteroatoms. The van der Waals surface area contributed by atoms with Gasteiger partial charge in [-0.05, 0) is 17.7 Å². The van der Waals surface area contributed by atoms with Crippen LogP contribution < -0.4 is 0 Å². The van der Waals surface area contributed by atoms with Gasteiger partial charge in [0.2, 0.25) is 0 Å². The number of hydrogen-bond donors (Lipinski definition) is 1. The number of nitrogens with zero attached hydrogens (tertiary/aromatic N) is 3. The number of aliphatic hydroxyl groups excluding tert-OH is 1. The Balaban J connectivity index is 1.72. The van der Waals surface area contributed by atoms with Gasteiger partial charge in [-0.3, -0.25) is 9.58 Å². The van der Waals surface area contributed by atoms with E-state index in [4.69, 9.17) is 4.42 Å². The second-order valence-electron chi connectivity index (χ2n) is 5.71. The summed E-state index contributed by atoms with van der Waals surface area (Å²) in [5.41, 5.74) is 2.33. The molecule has 0 amide bonds. The highest BCUT2D eigenvalue weighted by Gasteiger charge is 2.17. The molecule has 0 aliphatic rings. The van der Waals surface area contributed by atoms with Crippen LogP contribution in [0, 0.1) is 0 Å². The maximum absolute atomic E-state index is 10.4. The van der Waals surface area contributed by atoms with E-state index < -0.39 is 6.10 Å². The third-order valence-electron chi connectivity index (χ3n) is 3.72. The Labute approximate surface area is 135 Å². The Morgan fingerprint density at radius 1 is 1.13 bits per heavy atom. The minimum absolute atomic E-state index is 0.497. The molecule has 23 heavy (non-hydrogen) atoms. The Kier molecular flexibility index (Phi) is 4.90. The molecule has 120 valence electrons. The van der Waals surface area contributed by atoms with E-state index in [1.807, 2.05) is 37.6 Å². The average Bonchev–Trinajstić information content (AvgIpc) is 3.20. The summed E-state index contributed by atoms with van der Waals surface area (Å²) < 4.78 is 7.10. The molecule has 1 atom stereocenters. The highest BCUT2D eigenvalue weighted by Crippen LogP contribution is 2.18. The second kappa shape index (κ2) is 7.26. The molecule has 0 fully saturated rings. The summed E-state index contributed by atoms with van der Waals surface area (Å²) in [7, 11) is 1.91. The van der Waals surface area contributed by atoms with Crippen LogP contribution in [0.5, 0.6) is 0 Å². The van der Waals surface area contributed by atoms with Crippen LogP contribution in [0.25, 0.3) is 0 Å². The van der Waals surface area contributed by atoms with Gasteiger partial charge in [-0.25, -0.2) is 0 Å². The molecule has 0 saturated carbocycles. The lowest BCUT2D eigenvalue weighted by atomic mass is 10.1. The molecule has 1 aromatic carbocycles. The normalized spacial score (nSPS) is 12.7. The van der Waals surface area contributed by atoms with Crippen LogP contribution in [0.1, 0.15) is 23.0 Å². The summed E-state index contributed by atoms with van der Waals surface area (Å²) in [6.07, 6.45) is 4.79. The number of aliphatic hydroxyl groups is 1. The van der Waals surface area contributed by atoms with Crippen molar-refractivity contribution < 1.29 is 9.52 Å². The van der Waals surface area contributed by atoms with Crippen LogP contribution in [-0.4, -0.2) is 26.3 Å². The number of aryl methyl sites for hydroxylation is 1. The molecule has 3 aromatic rings. The van der Waals surface area contributed by atoms with E-state index in [1.165, 1.54) is 5.56 Å². The van der Waals surface area contributed by atoms with Crippen molar-refractivity contribution in [2.75, 3.05) is 6.54 Å². The van der Waals surface area contributed by atoms with Crippen molar-refractivity contribution in [2.45, 2.75) is 19.2 Å². The molecule has 5 nitrogen and oxygen atoms in total. The zero-order valence-electron chi connectivity index (χ0n) is 13.2. The smallest absolute Gasteiger partial charge is 0.133 e. The largest absolute Gasteiger partial charge is 0.467 e. The van der Waals surface area contributed by atoms with E-state index in [1.54, 1.807) is 23.1 Å². The zero-order chi connectivity index (χ0) is 16.1. The minimum Gasteiger partial charge on any atom is -0.467 e. The summed E-state index contributed by atoms with van der Waals surface area (Å²) in [5, 5.41) is 14.6. The van der Waals surface area contributed by atoms with Crippen molar-refractivity contribution in [1.29, 1.82) is 0 Å². The number of benzene rings is 1. The van der Waals surface area contributed by atoms with Crippen molar-refractivity contribution in [1.82, 2.24) is 14.7 Å². The number of aromatic nitrogens is 2. The van der Waals surface area contributed by atoms with Crippen LogP contribution >= 0.6 is 0 Å². The zero-order valence-corrected chi connectivity index (χ0v) is 13.2. The van der Waals surface area contributed by atoms with E-state index in [9.17, 15) is 5.11 Å². The van der Waals surface area contributed by atoms with E-state index >= 15 is 0 Å². The van der Waals surface area contributed by atoms with Crippen molar-refractivity contribution >= 4 is 0 Å². The van der Waals surface area contributed by atoms with Gasteiger partial charge in [0.05, 0.1) is 12.5 Å². The third kappa shape index (κ3) is 4.31. The molecular formula is C18H21N3O2. The van der Waals surface area contributed by atoms with E-state index in [2.05, 4.69) is 22.1 Å². The molecule has 0 aliphatic heterocycles. The highest BCUT2D eigenvalue weighted by molar-refractivity contribution is 5.15. The fourth-order valence-electron chi connectivity index (χ4n) is 2.65. The maximum atomic E-state index is 10.4. The van der Waals surface area contributed by atoms with Crippen molar-refractivity contribution in [3.05, 3.63) is 78.0 Å². The van der Waals surface area contributed by atoms with Gasteiger partial charge in [-0.2, -0.15) is 5.10 Å². The van der Waals surface area contributed by atoms with Gasteiger partial charge in [0.25, 0.3) is 0 Å². The first kappa shape index (κ1) is 15.5. The van der Waals surface area contributed by atoms with Gasteiger partial charge in [-0.1, -0.05) is 30.3 Å². The molecular weight excluding hydrogens is 290 g/mol. The monoisotopic (exact) mass is 311 g/mol. The number of rotatable bonds is 7. The van der Waals surface area contributed by atoms with Gasteiger partial charge in [-0.15, -0.1) is 0 Å². The van der Waals surface area contributed by atoms with Gasteiger partial charge in [0.1, 0.15) is 11.9 Å². The molecule has 2 aromatic heterocycles. The van der Waals surface area contributed by atoms with Gasteiger partial charge in [0.15, 0.2) is 0 Å². The highest BCUT2D eigenvalue weighted by atomic mass is 16.4. The van der Waals surface area contributed by atoms with E-state index in [0.29, 0.717) is 12.3 Å². The van der Waals surface area contributed by atoms with E-state index in [-0.39, 0.29) is 0 Å². The van der Waals surface area contributed by atoms with Crippen molar-refractivity contribution in [2.24, 2.45) is 7.05 Å². The molecule has 0 spiro atoms. The summed E-state index contributed by atoms with van der Waals surface area (Å²) in [4.78, 5) is 2.19. The van der Waals surface area contributed by atoms with Crippen LogP contribution in [0.3, 0.4) is 0 Å². The molecule has 1 N–H and O–H groups in total. The number of hydrogen-bond acceptors (Lipinski definition) is 4. The third-order valence-corrected chi connectivity index (χ3v) is 3.72. The lowest BCUT2D eigenvalue weighted by Gasteiger charge is -2.24. The van der Waals surface area contributed by atoms with Crippen LogP contribution in [0.15, 0.2) is 65.5 Å². The van der Waals surface area contributed by atoms with E-state index in [0.717, 1.165) is 18.7 Å². The van der Waals surface area contributed by atoms with Crippen molar-refractivity contribution in [3.63, 3.8) is 0 Å². The van der Waals surface area contributed by atoms with Crippen LogP contribution in [-0.2, 0) is 20.1 Å². The number of furan rings is 1. The van der Waals surface area contributed by atoms with Gasteiger partial charge in [0, 0.05) is 38.4 Å². The Bertz CT molecular complexity index is 707. The maximum Gasteiger partial charge on any atom is 0.133 e. The predicted molar refractivity (Wildman–Crippen MR) is 87.4 cm³/mol. The molecule has 0 radical (unpaired) electrons. The average molecular weight is 311 g/mol. The lowest BCUT2D eigenvalue weighted by Crippen LogP contribution is -2.27. The van der Waals surface area contributed by atoms with Crippen LogP contribution in [0.2, 0.25) is 0 Å². The summed E-state index contributed by atoms with van der Waals surface area (Å²) in [5.74, 6) is 0.592. The molecule has 3 rings (SSSR count). The second-order valence-corrected chi connectivity index (χ2v) is 5.71. The fourth-order valence-corrected chi connectivity index (χ4v) is 2.65. The molecule has 0 aliphatic carbocycles. The Morgan fingerprint density at radius 3 is 2.57 bits per heavy atom. The molecule has 1 unspecified atom stereocenters. The SMILES string of the molecule is Cn1cc(CN(Cc2ccccc2)CC(O)c2ccco2)cn1. The summed E-state index contributed by atoms with van der Waals surface area (Å²) in [6, 6.07) is 13.8. The quantitative estimate of drug-likeness (QED) is 0.729. The molecule has 2 heterocycles. The van der Waals surface area contributed by atoms with Gasteiger partial charge < -0.3 is 9.52 Å². The minimum atomic E-state index is -0.648. The van der Waals surface area contributed by atoms with Gasteiger partial charge >= 0.3 is 0 Å². The van der Waals surface area contributed by atoms with Crippen molar-refractivity contribution in [3.8, 4) is 0 Å². The first-order valence-electron chi connectivity index (χ1n) is 7.66. The Morgan fingerprint density at radius 2 is 1.91 bits per heavy atom. The molecule has 0 bridgehead atoms. The first-order valence-corrected chi connectivity index (χ1v) is 7.66. The Hall–Kier alpha value is -2.37. The predicted octanol–water partition coefficient (Wildman–Crippen LogP) is 2.75. The first-order chi connectivity index (χ1) is 11.2. The summed E-state index contributed by atoms with van der Waals surface area (Å²) in [6.45, 7) is 1.98.